The summed E-state index contributed by atoms with van der Waals surface area (Å²) in [6, 6.07) is 0. The van der Waals surface area contributed by atoms with Crippen molar-refractivity contribution < 1.29 is 9.53 Å². The fourth-order valence-corrected chi connectivity index (χ4v) is 0.910. The van der Waals surface area contributed by atoms with Crippen LogP contribution in [0.3, 0.4) is 0 Å². The Labute approximate surface area is 85.1 Å². The number of carbonyl (C=O) groups excluding carboxylic acids is 1. The molecule has 3 nitrogen and oxygen atoms in total. The van der Waals surface area contributed by atoms with Gasteiger partial charge in [0.25, 0.3) is 5.91 Å². The lowest BCUT2D eigenvalue weighted by atomic mass is 10.3. The Morgan fingerprint density at radius 3 is 2.64 bits per heavy atom. The van der Waals surface area contributed by atoms with E-state index in [-0.39, 0.29) is 12.5 Å². The maximum Gasteiger partial charge on any atom is 0.262 e. The van der Waals surface area contributed by atoms with Crippen molar-refractivity contribution in [3.05, 3.63) is 36.3 Å². The van der Waals surface area contributed by atoms with Crippen molar-refractivity contribution in [3.63, 3.8) is 0 Å². The van der Waals surface area contributed by atoms with Crippen LogP contribution in [0.5, 0.6) is 0 Å². The molecule has 14 heavy (non-hydrogen) atoms. The third-order valence-electron chi connectivity index (χ3n) is 1.42. The van der Waals surface area contributed by atoms with Gasteiger partial charge in [-0.2, -0.15) is 0 Å². The number of allylic oxidation sites excluding steroid dienone is 3. The second kappa shape index (κ2) is 6.95. The molecule has 3 heteroatoms. The number of hydrogen-bond donors (Lipinski definition) is 1. The summed E-state index contributed by atoms with van der Waals surface area (Å²) in [5.41, 5.74) is 0.629. The van der Waals surface area contributed by atoms with Crippen LogP contribution >= 0.6 is 0 Å². The lowest BCUT2D eigenvalue weighted by Gasteiger charge is -2.17. The van der Waals surface area contributed by atoms with E-state index in [1.165, 1.54) is 0 Å². The van der Waals surface area contributed by atoms with Gasteiger partial charge in [0.2, 0.25) is 0 Å². The Balaban J connectivity index is 0.000000791. The lowest BCUT2D eigenvalue weighted by Crippen LogP contribution is -2.31. The number of rotatable bonds is 2. The maximum absolute atomic E-state index is 10.8. The van der Waals surface area contributed by atoms with Gasteiger partial charge in [0, 0.05) is 0 Å². The minimum atomic E-state index is -0.141. The van der Waals surface area contributed by atoms with Gasteiger partial charge in [-0.15, -0.1) is 0 Å². The van der Waals surface area contributed by atoms with E-state index in [0.717, 1.165) is 0 Å². The molecule has 1 amide bonds. The average molecular weight is 195 g/mol. The molecule has 0 aromatic carbocycles. The molecule has 78 valence electrons. The minimum Gasteiger partial charge on any atom is -0.482 e. The molecule has 0 radical (unpaired) electrons. The molecule has 1 heterocycles. The summed E-state index contributed by atoms with van der Waals surface area (Å²) in [6.07, 6.45) is 5.19. The molecule has 0 bridgehead atoms. The fourth-order valence-electron chi connectivity index (χ4n) is 0.910. The van der Waals surface area contributed by atoms with Gasteiger partial charge in [0.15, 0.2) is 6.61 Å². The van der Waals surface area contributed by atoms with Crippen LogP contribution in [0.4, 0.5) is 0 Å². The zero-order chi connectivity index (χ0) is 11.0. The second-order valence-electron chi connectivity index (χ2n) is 2.32. The predicted molar refractivity (Wildman–Crippen MR) is 57.5 cm³/mol. The Morgan fingerprint density at radius 2 is 2.14 bits per heavy atom. The molecule has 0 aromatic rings. The number of nitrogens with one attached hydrogen (secondary N) is 1. The van der Waals surface area contributed by atoms with E-state index in [9.17, 15) is 4.79 Å². The van der Waals surface area contributed by atoms with Crippen molar-refractivity contribution in [2.45, 2.75) is 20.8 Å². The summed E-state index contributed by atoms with van der Waals surface area (Å²) in [7, 11) is 0. The molecule has 0 spiro atoms. The van der Waals surface area contributed by atoms with E-state index in [2.05, 4.69) is 11.9 Å². The molecule has 0 aliphatic carbocycles. The van der Waals surface area contributed by atoms with Crippen LogP contribution in [0.15, 0.2) is 36.3 Å². The summed E-state index contributed by atoms with van der Waals surface area (Å²) < 4.78 is 5.14. The molecule has 0 aromatic heterocycles. The van der Waals surface area contributed by atoms with Crippen LogP contribution < -0.4 is 5.32 Å². The highest BCUT2D eigenvalue weighted by Crippen LogP contribution is 2.10. The Bertz CT molecular complexity index is 264. The highest BCUT2D eigenvalue weighted by molar-refractivity contribution is 5.81. The van der Waals surface area contributed by atoms with Crippen molar-refractivity contribution in [1.82, 2.24) is 5.32 Å². The third-order valence-corrected chi connectivity index (χ3v) is 1.42. The Morgan fingerprint density at radius 1 is 1.50 bits per heavy atom. The number of hydrogen-bond acceptors (Lipinski definition) is 2. The smallest absolute Gasteiger partial charge is 0.262 e. The molecule has 0 saturated carbocycles. The van der Waals surface area contributed by atoms with Gasteiger partial charge in [-0.1, -0.05) is 26.5 Å². The second-order valence-corrected chi connectivity index (χ2v) is 2.32. The molecular formula is C11H17NO2. The van der Waals surface area contributed by atoms with Crippen molar-refractivity contribution >= 4 is 5.91 Å². The molecule has 1 rings (SSSR count). The summed E-state index contributed by atoms with van der Waals surface area (Å²) in [5, 5.41) is 2.65. The zero-order valence-electron chi connectivity index (χ0n) is 8.96. The lowest BCUT2D eigenvalue weighted by molar-refractivity contribution is -0.124. The Kier molecular flexibility index (Phi) is 6.20. The van der Waals surface area contributed by atoms with E-state index >= 15 is 0 Å². The first-order valence-corrected chi connectivity index (χ1v) is 4.70. The summed E-state index contributed by atoms with van der Waals surface area (Å²) >= 11 is 0. The van der Waals surface area contributed by atoms with Gasteiger partial charge in [-0.25, -0.2) is 0 Å². The summed E-state index contributed by atoms with van der Waals surface area (Å²) in [6.45, 7) is 9.53. The van der Waals surface area contributed by atoms with Gasteiger partial charge < -0.3 is 10.1 Å². The summed E-state index contributed by atoms with van der Waals surface area (Å²) in [5.74, 6) is 0.519. The van der Waals surface area contributed by atoms with Crippen LogP contribution in [-0.4, -0.2) is 12.5 Å². The molecule has 0 atom stereocenters. The van der Waals surface area contributed by atoms with E-state index in [4.69, 9.17) is 4.74 Å². The van der Waals surface area contributed by atoms with Gasteiger partial charge in [0.05, 0.1) is 5.70 Å². The zero-order valence-corrected chi connectivity index (χ0v) is 8.96. The molecular weight excluding hydrogens is 178 g/mol. The first-order valence-electron chi connectivity index (χ1n) is 4.70. The van der Waals surface area contributed by atoms with Gasteiger partial charge in [-0.05, 0) is 19.1 Å². The number of carbonyl (C=O) groups is 1. The normalized spacial score (nSPS) is 15.5. The number of amides is 1. The minimum absolute atomic E-state index is 0.0804. The summed E-state index contributed by atoms with van der Waals surface area (Å²) in [4.78, 5) is 10.8. The quantitative estimate of drug-likeness (QED) is 0.733. The first-order chi connectivity index (χ1) is 6.77. The Hall–Kier alpha value is -1.51. The van der Waals surface area contributed by atoms with Crippen LogP contribution in [0.1, 0.15) is 20.8 Å². The highest BCUT2D eigenvalue weighted by atomic mass is 16.5. The van der Waals surface area contributed by atoms with Crippen molar-refractivity contribution in [1.29, 1.82) is 0 Å². The monoisotopic (exact) mass is 195 g/mol. The van der Waals surface area contributed by atoms with Crippen LogP contribution in [0.25, 0.3) is 0 Å². The SMILES string of the molecule is C=CC1=C(/C=C\C)OCC(=O)N1.CC. The van der Waals surface area contributed by atoms with Crippen molar-refractivity contribution in [2.24, 2.45) is 0 Å². The van der Waals surface area contributed by atoms with E-state index in [0.29, 0.717) is 11.5 Å². The molecule has 0 saturated heterocycles. The standard InChI is InChI=1S/C9H11NO2.C2H6/c1-3-5-8-7(4-2)10-9(11)6-12-8;1-2/h3-5H,2,6H2,1H3,(H,10,11);1-2H3/b5-3-;. The molecule has 1 N–H and O–H groups in total. The van der Waals surface area contributed by atoms with Crippen LogP contribution in [0.2, 0.25) is 0 Å². The van der Waals surface area contributed by atoms with Gasteiger partial charge >= 0.3 is 0 Å². The largest absolute Gasteiger partial charge is 0.482 e. The fraction of sp³-hybridized carbons (Fsp3) is 0.364. The highest BCUT2D eigenvalue weighted by Gasteiger charge is 2.14. The van der Waals surface area contributed by atoms with E-state index in [1.807, 2.05) is 26.8 Å². The molecule has 0 fully saturated rings. The maximum atomic E-state index is 10.8. The molecule has 1 aliphatic rings. The van der Waals surface area contributed by atoms with Gasteiger partial charge in [0.1, 0.15) is 5.76 Å². The van der Waals surface area contributed by atoms with Crippen molar-refractivity contribution in [3.8, 4) is 0 Å². The van der Waals surface area contributed by atoms with Crippen LogP contribution in [0, 0.1) is 0 Å². The topological polar surface area (TPSA) is 38.3 Å². The number of ether oxygens (including phenoxy) is 1. The van der Waals surface area contributed by atoms with Crippen molar-refractivity contribution in [2.75, 3.05) is 6.61 Å². The van der Waals surface area contributed by atoms with E-state index in [1.54, 1.807) is 12.2 Å². The first kappa shape index (κ1) is 12.5. The average Bonchev–Trinajstić information content (AvgIpc) is 2.24. The third kappa shape index (κ3) is 3.47. The molecule has 0 unspecified atom stereocenters. The van der Waals surface area contributed by atoms with Gasteiger partial charge in [-0.3, -0.25) is 4.79 Å². The van der Waals surface area contributed by atoms with E-state index < -0.39 is 0 Å². The molecule has 1 aliphatic heterocycles. The van der Waals surface area contributed by atoms with Crippen LogP contribution in [-0.2, 0) is 9.53 Å². The predicted octanol–water partition coefficient (Wildman–Crippen LogP) is 2.13.